The number of benzene rings is 2. The quantitative estimate of drug-likeness (QED) is 0.532. The molecule has 0 bridgehead atoms. The first kappa shape index (κ1) is 11.9. The number of rotatable bonds is 2. The van der Waals surface area contributed by atoms with E-state index in [0.29, 0.717) is 0 Å². The lowest BCUT2D eigenvalue weighted by Gasteiger charge is -2.11. The van der Waals surface area contributed by atoms with E-state index in [1.54, 1.807) is 0 Å². The molecule has 0 saturated heterocycles. The molecule has 0 aliphatic carbocycles. The number of aryl methyl sites for hydroxylation is 1. The van der Waals surface area contributed by atoms with Crippen molar-refractivity contribution >= 4 is 38.0 Å². The van der Waals surface area contributed by atoms with Gasteiger partial charge in [-0.15, -0.1) is 11.3 Å². The summed E-state index contributed by atoms with van der Waals surface area (Å²) in [5.74, 6) is 0. The van der Waals surface area contributed by atoms with Crippen molar-refractivity contribution < 1.29 is 0 Å². The van der Waals surface area contributed by atoms with E-state index >= 15 is 0 Å². The molecule has 0 nitrogen and oxygen atoms in total. The van der Waals surface area contributed by atoms with Crippen molar-refractivity contribution in [2.24, 2.45) is 0 Å². The molecule has 1 heterocycles. The van der Waals surface area contributed by atoms with E-state index in [-0.39, 0.29) is 4.83 Å². The van der Waals surface area contributed by atoms with Gasteiger partial charge in [-0.1, -0.05) is 58.4 Å². The zero-order valence-electron chi connectivity index (χ0n) is 10.1. The second-order valence-corrected chi connectivity index (χ2v) is 6.61. The van der Waals surface area contributed by atoms with Crippen LogP contribution in [0.1, 0.15) is 20.1 Å². The Balaban J connectivity index is 2.14. The SMILES string of the molecule is Cc1ccc(C(Br)c2cccc3ccccc23)s1. The molecule has 0 aliphatic heterocycles. The zero-order valence-corrected chi connectivity index (χ0v) is 12.5. The maximum Gasteiger partial charge on any atom is 0.0744 e. The summed E-state index contributed by atoms with van der Waals surface area (Å²) in [4.78, 5) is 3.00. The highest BCUT2D eigenvalue weighted by Gasteiger charge is 2.14. The fourth-order valence-electron chi connectivity index (χ4n) is 2.21. The largest absolute Gasteiger partial charge is 0.144 e. The fraction of sp³-hybridized carbons (Fsp3) is 0.125. The standard InChI is InChI=1S/C16H13BrS/c1-11-9-10-15(18-11)16(17)14-8-4-6-12-5-2-3-7-13(12)14/h2-10,16H,1H3. The molecular formula is C16H13BrS. The maximum absolute atomic E-state index is 3.84. The third kappa shape index (κ3) is 2.11. The number of hydrogen-bond donors (Lipinski definition) is 0. The van der Waals surface area contributed by atoms with Gasteiger partial charge in [0, 0.05) is 9.75 Å². The van der Waals surface area contributed by atoms with Crippen LogP contribution in [0.5, 0.6) is 0 Å². The van der Waals surface area contributed by atoms with Crippen LogP contribution < -0.4 is 0 Å². The molecule has 2 heteroatoms. The van der Waals surface area contributed by atoms with Crippen LogP contribution in [0, 0.1) is 6.92 Å². The van der Waals surface area contributed by atoms with Gasteiger partial charge in [-0.25, -0.2) is 0 Å². The van der Waals surface area contributed by atoms with Gasteiger partial charge in [-0.2, -0.15) is 0 Å². The number of hydrogen-bond acceptors (Lipinski definition) is 1. The highest BCUT2D eigenvalue weighted by Crippen LogP contribution is 2.38. The first-order valence-corrected chi connectivity index (χ1v) is 7.67. The molecule has 3 aromatic rings. The van der Waals surface area contributed by atoms with Gasteiger partial charge in [-0.05, 0) is 35.4 Å². The monoisotopic (exact) mass is 316 g/mol. The molecule has 0 radical (unpaired) electrons. The van der Waals surface area contributed by atoms with Crippen LogP contribution in [-0.4, -0.2) is 0 Å². The van der Waals surface area contributed by atoms with Gasteiger partial charge in [0.25, 0.3) is 0 Å². The van der Waals surface area contributed by atoms with Crippen LogP contribution in [0.2, 0.25) is 0 Å². The van der Waals surface area contributed by atoms with E-state index in [2.05, 4.69) is 77.5 Å². The van der Waals surface area contributed by atoms with Crippen LogP contribution in [0.4, 0.5) is 0 Å². The zero-order chi connectivity index (χ0) is 12.5. The van der Waals surface area contributed by atoms with E-state index in [1.807, 2.05) is 11.3 Å². The summed E-state index contributed by atoms with van der Waals surface area (Å²) in [6.07, 6.45) is 0. The summed E-state index contributed by atoms with van der Waals surface area (Å²) in [7, 11) is 0. The number of halogens is 1. The number of thiophene rings is 1. The van der Waals surface area contributed by atoms with Crippen LogP contribution in [-0.2, 0) is 0 Å². The van der Waals surface area contributed by atoms with Gasteiger partial charge < -0.3 is 0 Å². The van der Waals surface area contributed by atoms with Crippen LogP contribution in [0.25, 0.3) is 10.8 Å². The topological polar surface area (TPSA) is 0 Å². The Kier molecular flexibility index (Phi) is 3.23. The molecule has 0 aliphatic rings. The fourth-order valence-corrected chi connectivity index (χ4v) is 3.92. The summed E-state index contributed by atoms with van der Waals surface area (Å²) in [5.41, 5.74) is 1.34. The minimum Gasteiger partial charge on any atom is -0.144 e. The van der Waals surface area contributed by atoms with Crippen molar-refractivity contribution in [1.29, 1.82) is 0 Å². The summed E-state index contributed by atoms with van der Waals surface area (Å²) in [5, 5.41) is 2.63. The molecule has 0 fully saturated rings. The van der Waals surface area contributed by atoms with E-state index < -0.39 is 0 Å². The second-order valence-electron chi connectivity index (χ2n) is 4.38. The predicted molar refractivity (Wildman–Crippen MR) is 83.8 cm³/mol. The molecular weight excluding hydrogens is 304 g/mol. The third-order valence-electron chi connectivity index (χ3n) is 3.11. The number of alkyl halides is 1. The molecule has 0 spiro atoms. The summed E-state index contributed by atoms with van der Waals surface area (Å²) in [6, 6.07) is 19.4. The van der Waals surface area contributed by atoms with Crippen molar-refractivity contribution in [2.45, 2.75) is 11.8 Å². The van der Waals surface area contributed by atoms with Gasteiger partial charge in [0.2, 0.25) is 0 Å². The summed E-state index contributed by atoms with van der Waals surface area (Å²) < 4.78 is 0. The van der Waals surface area contributed by atoms with E-state index in [4.69, 9.17) is 0 Å². The normalized spacial score (nSPS) is 12.8. The molecule has 2 aromatic carbocycles. The van der Waals surface area contributed by atoms with Crippen LogP contribution in [0.15, 0.2) is 54.6 Å². The first-order valence-electron chi connectivity index (χ1n) is 5.94. The second kappa shape index (κ2) is 4.87. The van der Waals surface area contributed by atoms with Crippen molar-refractivity contribution in [2.75, 3.05) is 0 Å². The van der Waals surface area contributed by atoms with Crippen LogP contribution >= 0.6 is 27.3 Å². The summed E-state index contributed by atoms with van der Waals surface area (Å²) in [6.45, 7) is 2.15. The van der Waals surface area contributed by atoms with Gasteiger partial charge >= 0.3 is 0 Å². The highest BCUT2D eigenvalue weighted by atomic mass is 79.9. The Labute approximate surface area is 119 Å². The lowest BCUT2D eigenvalue weighted by atomic mass is 10.0. The van der Waals surface area contributed by atoms with Gasteiger partial charge in [0.1, 0.15) is 0 Å². The predicted octanol–water partition coefficient (Wildman–Crippen LogP) is 5.69. The highest BCUT2D eigenvalue weighted by molar-refractivity contribution is 9.09. The molecule has 1 atom stereocenters. The van der Waals surface area contributed by atoms with Crippen molar-refractivity contribution in [3.05, 3.63) is 69.9 Å². The lowest BCUT2D eigenvalue weighted by molar-refractivity contribution is 1.25. The number of fused-ring (bicyclic) bond motifs is 1. The average molecular weight is 317 g/mol. The average Bonchev–Trinajstić information content (AvgIpc) is 2.84. The molecule has 0 saturated carbocycles. The Morgan fingerprint density at radius 1 is 0.944 bits per heavy atom. The molecule has 3 rings (SSSR count). The molecule has 1 unspecified atom stereocenters. The molecule has 90 valence electrons. The first-order chi connectivity index (χ1) is 8.75. The Hall–Kier alpha value is -1.12. The minimum atomic E-state index is 0.280. The van der Waals surface area contributed by atoms with E-state index in [9.17, 15) is 0 Å². The lowest BCUT2D eigenvalue weighted by Crippen LogP contribution is -1.91. The smallest absolute Gasteiger partial charge is 0.0744 e. The van der Waals surface area contributed by atoms with E-state index in [1.165, 1.54) is 26.1 Å². The molecule has 0 amide bonds. The Morgan fingerprint density at radius 2 is 1.72 bits per heavy atom. The van der Waals surface area contributed by atoms with Crippen molar-refractivity contribution in [3.63, 3.8) is 0 Å². The van der Waals surface area contributed by atoms with Crippen molar-refractivity contribution in [1.82, 2.24) is 0 Å². The molecule has 18 heavy (non-hydrogen) atoms. The van der Waals surface area contributed by atoms with Gasteiger partial charge in [0.05, 0.1) is 4.83 Å². The minimum absolute atomic E-state index is 0.280. The third-order valence-corrected chi connectivity index (χ3v) is 5.46. The van der Waals surface area contributed by atoms with Gasteiger partial charge in [-0.3, -0.25) is 0 Å². The Morgan fingerprint density at radius 3 is 2.50 bits per heavy atom. The summed E-state index contributed by atoms with van der Waals surface area (Å²) >= 11 is 5.69. The van der Waals surface area contributed by atoms with Gasteiger partial charge in [0.15, 0.2) is 0 Å². The van der Waals surface area contributed by atoms with Crippen molar-refractivity contribution in [3.8, 4) is 0 Å². The molecule has 1 aromatic heterocycles. The van der Waals surface area contributed by atoms with E-state index in [0.717, 1.165) is 0 Å². The van der Waals surface area contributed by atoms with Crippen LogP contribution in [0.3, 0.4) is 0 Å². The maximum atomic E-state index is 3.84. The Bertz CT molecular complexity index is 679. The molecule has 0 N–H and O–H groups in total.